The third kappa shape index (κ3) is 7.05. The van der Waals surface area contributed by atoms with E-state index in [4.69, 9.17) is 9.84 Å². The minimum absolute atomic E-state index is 0.0226. The highest BCUT2D eigenvalue weighted by Crippen LogP contribution is 2.43. The van der Waals surface area contributed by atoms with Gasteiger partial charge in [0.2, 0.25) is 0 Å². The predicted molar refractivity (Wildman–Crippen MR) is 98.7 cm³/mol. The summed E-state index contributed by atoms with van der Waals surface area (Å²) in [4.78, 5) is 22.0. The third-order valence-electron chi connectivity index (χ3n) is 3.49. The van der Waals surface area contributed by atoms with Crippen LogP contribution in [-0.2, 0) is 9.59 Å². The lowest BCUT2D eigenvalue weighted by Crippen LogP contribution is -2.29. The molecule has 1 aliphatic rings. The SMILES string of the molecule is O=C(O)CCCCNC(=O)COc1ccc(C2SCCCS2)cc1. The van der Waals surface area contributed by atoms with Crippen LogP contribution >= 0.6 is 23.5 Å². The van der Waals surface area contributed by atoms with Crippen molar-refractivity contribution in [3.05, 3.63) is 29.8 Å². The normalized spacial score (nSPS) is 15.0. The number of carbonyl (C=O) groups excluding carboxylic acids is 1. The van der Waals surface area contributed by atoms with Crippen LogP contribution in [0.1, 0.15) is 35.8 Å². The average molecular weight is 370 g/mol. The van der Waals surface area contributed by atoms with Gasteiger partial charge in [0, 0.05) is 13.0 Å². The number of rotatable bonds is 9. The van der Waals surface area contributed by atoms with E-state index in [0.29, 0.717) is 29.7 Å². The molecule has 2 N–H and O–H groups in total. The van der Waals surface area contributed by atoms with Crippen molar-refractivity contribution in [1.29, 1.82) is 0 Å². The first kappa shape index (κ1) is 19.0. The van der Waals surface area contributed by atoms with Crippen molar-refractivity contribution < 1.29 is 19.4 Å². The number of hydrogen-bond acceptors (Lipinski definition) is 5. The molecule has 0 radical (unpaired) electrons. The molecule has 132 valence electrons. The summed E-state index contributed by atoms with van der Waals surface area (Å²) in [5.74, 6) is 2.11. The number of hydrogen-bond donors (Lipinski definition) is 2. The Balaban J connectivity index is 1.64. The highest BCUT2D eigenvalue weighted by molar-refractivity contribution is 8.16. The molecule has 0 unspecified atom stereocenters. The molecule has 24 heavy (non-hydrogen) atoms. The van der Waals surface area contributed by atoms with Crippen LogP contribution < -0.4 is 10.1 Å². The number of thioether (sulfide) groups is 2. The molecule has 1 fully saturated rings. The molecule has 0 bridgehead atoms. The minimum atomic E-state index is -0.807. The number of carbonyl (C=O) groups is 2. The van der Waals surface area contributed by atoms with E-state index in [1.807, 2.05) is 35.7 Å². The second-order valence-corrected chi connectivity index (χ2v) is 8.21. The van der Waals surface area contributed by atoms with Gasteiger partial charge >= 0.3 is 5.97 Å². The number of aliphatic carboxylic acids is 1. The van der Waals surface area contributed by atoms with Crippen LogP contribution in [0.25, 0.3) is 0 Å². The molecule has 0 spiro atoms. The Kier molecular flexibility index (Phi) is 8.32. The summed E-state index contributed by atoms with van der Waals surface area (Å²) >= 11 is 3.95. The van der Waals surface area contributed by atoms with Crippen molar-refractivity contribution in [2.45, 2.75) is 30.3 Å². The maximum atomic E-state index is 11.7. The fourth-order valence-electron chi connectivity index (χ4n) is 2.23. The summed E-state index contributed by atoms with van der Waals surface area (Å²) < 4.78 is 5.99. The van der Waals surface area contributed by atoms with E-state index in [2.05, 4.69) is 17.4 Å². The molecule has 5 nitrogen and oxygen atoms in total. The fourth-order valence-corrected chi connectivity index (χ4v) is 5.12. The Labute approximate surface area is 150 Å². The summed E-state index contributed by atoms with van der Waals surface area (Å²) in [5.41, 5.74) is 1.29. The Morgan fingerprint density at radius 3 is 2.54 bits per heavy atom. The van der Waals surface area contributed by atoms with Gasteiger partial charge in [0.1, 0.15) is 5.75 Å². The number of carboxylic acid groups (broad SMARTS) is 1. The number of unbranched alkanes of at least 4 members (excludes halogenated alkanes) is 1. The highest BCUT2D eigenvalue weighted by Gasteiger charge is 2.16. The van der Waals surface area contributed by atoms with Crippen LogP contribution in [0.3, 0.4) is 0 Å². The number of benzene rings is 1. The summed E-state index contributed by atoms with van der Waals surface area (Å²) in [5, 5.41) is 11.3. The van der Waals surface area contributed by atoms with Crippen molar-refractivity contribution in [3.63, 3.8) is 0 Å². The molecule has 0 atom stereocenters. The molecule has 1 saturated heterocycles. The van der Waals surface area contributed by atoms with E-state index < -0.39 is 5.97 Å². The van der Waals surface area contributed by atoms with Gasteiger partial charge in [0.25, 0.3) is 5.91 Å². The molecule has 0 aliphatic carbocycles. The number of amides is 1. The molecule has 1 heterocycles. The highest BCUT2D eigenvalue weighted by atomic mass is 32.2. The zero-order chi connectivity index (χ0) is 17.2. The van der Waals surface area contributed by atoms with Gasteiger partial charge in [-0.1, -0.05) is 12.1 Å². The first-order valence-electron chi connectivity index (χ1n) is 8.09. The van der Waals surface area contributed by atoms with E-state index in [1.54, 1.807) is 0 Å². The lowest BCUT2D eigenvalue weighted by atomic mass is 10.2. The van der Waals surface area contributed by atoms with E-state index in [0.717, 1.165) is 0 Å². The minimum Gasteiger partial charge on any atom is -0.484 e. The first-order valence-corrected chi connectivity index (χ1v) is 10.2. The van der Waals surface area contributed by atoms with Gasteiger partial charge in [-0.15, -0.1) is 23.5 Å². The summed E-state index contributed by atoms with van der Waals surface area (Å²) in [6.45, 7) is 0.454. The molecule has 7 heteroatoms. The van der Waals surface area contributed by atoms with Gasteiger partial charge in [-0.25, -0.2) is 0 Å². The number of carboxylic acids is 1. The molecule has 1 aromatic rings. The molecular formula is C17H23NO4S2. The van der Waals surface area contributed by atoms with E-state index in [9.17, 15) is 9.59 Å². The predicted octanol–water partition coefficient (Wildman–Crippen LogP) is 3.31. The van der Waals surface area contributed by atoms with E-state index in [-0.39, 0.29) is 18.9 Å². The van der Waals surface area contributed by atoms with Crippen molar-refractivity contribution in [2.24, 2.45) is 0 Å². The summed E-state index contributed by atoms with van der Waals surface area (Å²) in [6, 6.07) is 7.95. The second kappa shape index (κ2) is 10.5. The Morgan fingerprint density at radius 2 is 1.88 bits per heavy atom. The lowest BCUT2D eigenvalue weighted by molar-refractivity contribution is -0.137. The fraction of sp³-hybridized carbons (Fsp3) is 0.529. The molecule has 1 aromatic carbocycles. The Morgan fingerprint density at radius 1 is 1.17 bits per heavy atom. The molecule has 2 rings (SSSR count). The third-order valence-corrected chi connectivity index (χ3v) is 6.50. The van der Waals surface area contributed by atoms with Gasteiger partial charge in [0.15, 0.2) is 6.61 Å². The van der Waals surface area contributed by atoms with E-state index in [1.165, 1.54) is 23.5 Å². The van der Waals surface area contributed by atoms with Crippen LogP contribution in [0.5, 0.6) is 5.75 Å². The second-order valence-electron chi connectivity index (χ2n) is 5.49. The van der Waals surface area contributed by atoms with Crippen molar-refractivity contribution in [1.82, 2.24) is 5.32 Å². The van der Waals surface area contributed by atoms with Crippen molar-refractivity contribution >= 4 is 35.4 Å². The maximum Gasteiger partial charge on any atom is 0.303 e. The van der Waals surface area contributed by atoms with Gasteiger partial charge in [-0.3, -0.25) is 9.59 Å². The van der Waals surface area contributed by atoms with Crippen LogP contribution in [0, 0.1) is 0 Å². The largest absolute Gasteiger partial charge is 0.484 e. The Hall–Kier alpha value is -1.34. The van der Waals surface area contributed by atoms with Gasteiger partial charge in [-0.2, -0.15) is 0 Å². The van der Waals surface area contributed by atoms with Crippen LogP contribution in [0.2, 0.25) is 0 Å². The quantitative estimate of drug-likeness (QED) is 0.651. The van der Waals surface area contributed by atoms with Gasteiger partial charge in [0.05, 0.1) is 4.58 Å². The van der Waals surface area contributed by atoms with Gasteiger partial charge in [-0.05, 0) is 48.5 Å². The van der Waals surface area contributed by atoms with Gasteiger partial charge < -0.3 is 15.2 Å². The average Bonchev–Trinajstić information content (AvgIpc) is 2.60. The lowest BCUT2D eigenvalue weighted by Gasteiger charge is -2.21. The zero-order valence-electron chi connectivity index (χ0n) is 13.5. The summed E-state index contributed by atoms with van der Waals surface area (Å²) in [7, 11) is 0. The van der Waals surface area contributed by atoms with E-state index >= 15 is 0 Å². The van der Waals surface area contributed by atoms with Crippen LogP contribution in [0.4, 0.5) is 0 Å². The summed E-state index contributed by atoms with van der Waals surface area (Å²) in [6.07, 6.45) is 2.63. The van der Waals surface area contributed by atoms with Crippen LogP contribution in [0.15, 0.2) is 24.3 Å². The first-order chi connectivity index (χ1) is 11.6. The molecule has 1 amide bonds. The molecule has 1 aliphatic heterocycles. The number of nitrogens with one attached hydrogen (secondary N) is 1. The Bertz CT molecular complexity index is 530. The molecular weight excluding hydrogens is 346 g/mol. The van der Waals surface area contributed by atoms with Crippen LogP contribution in [-0.4, -0.2) is 41.6 Å². The smallest absolute Gasteiger partial charge is 0.303 e. The standard InChI is InChI=1S/C17H23NO4S2/c19-15(18-9-2-1-4-16(20)21)12-22-14-7-5-13(6-8-14)17-23-10-3-11-24-17/h5-8,17H,1-4,9-12H2,(H,18,19)(H,20,21). The molecule has 0 aromatic heterocycles. The molecule has 0 saturated carbocycles. The zero-order valence-corrected chi connectivity index (χ0v) is 15.2. The topological polar surface area (TPSA) is 75.6 Å². The number of ether oxygens (including phenoxy) is 1. The van der Waals surface area contributed by atoms with Crippen molar-refractivity contribution in [3.8, 4) is 5.75 Å². The monoisotopic (exact) mass is 369 g/mol. The van der Waals surface area contributed by atoms with Crippen molar-refractivity contribution in [2.75, 3.05) is 24.7 Å². The maximum absolute atomic E-state index is 11.7.